The van der Waals surface area contributed by atoms with Gasteiger partial charge in [0, 0.05) is 19.8 Å². The number of hydrogen-bond acceptors (Lipinski definition) is 4. The Labute approximate surface area is 114 Å². The van der Waals surface area contributed by atoms with Crippen LogP contribution in [0.15, 0.2) is 24.4 Å². The number of amides is 1. The lowest BCUT2D eigenvalue weighted by Gasteiger charge is -2.25. The molecule has 19 heavy (non-hydrogen) atoms. The molecule has 0 aliphatic carbocycles. The van der Waals surface area contributed by atoms with Gasteiger partial charge in [-0.3, -0.25) is 4.98 Å². The quantitative estimate of drug-likeness (QED) is 0.908. The maximum absolute atomic E-state index is 11.7. The molecule has 106 valence electrons. The Morgan fingerprint density at radius 2 is 2.16 bits per heavy atom. The molecule has 1 aromatic rings. The van der Waals surface area contributed by atoms with Crippen molar-refractivity contribution < 1.29 is 14.6 Å². The summed E-state index contributed by atoms with van der Waals surface area (Å²) in [7, 11) is 1.65. The van der Waals surface area contributed by atoms with E-state index in [2.05, 4.69) is 4.98 Å². The Balaban J connectivity index is 2.42. The summed E-state index contributed by atoms with van der Waals surface area (Å²) in [5, 5.41) is 9.94. The van der Waals surface area contributed by atoms with Crippen LogP contribution in [-0.4, -0.2) is 40.3 Å². The lowest BCUT2D eigenvalue weighted by molar-refractivity contribution is 0.0272. The van der Waals surface area contributed by atoms with Gasteiger partial charge in [-0.1, -0.05) is 6.07 Å². The first-order valence-electron chi connectivity index (χ1n) is 6.33. The van der Waals surface area contributed by atoms with Crippen molar-refractivity contribution in [2.75, 3.05) is 13.6 Å². The zero-order valence-corrected chi connectivity index (χ0v) is 12.0. The van der Waals surface area contributed by atoms with Crippen molar-refractivity contribution in [1.82, 2.24) is 9.88 Å². The van der Waals surface area contributed by atoms with Gasteiger partial charge in [-0.05, 0) is 39.3 Å². The van der Waals surface area contributed by atoms with Crippen LogP contribution in [0.25, 0.3) is 0 Å². The molecule has 1 atom stereocenters. The molecular weight excluding hydrogens is 244 g/mol. The van der Waals surface area contributed by atoms with Gasteiger partial charge >= 0.3 is 6.09 Å². The van der Waals surface area contributed by atoms with Gasteiger partial charge in [-0.2, -0.15) is 0 Å². The number of nitrogens with zero attached hydrogens (tertiary/aromatic N) is 2. The van der Waals surface area contributed by atoms with Gasteiger partial charge in [0.25, 0.3) is 0 Å². The molecule has 0 saturated carbocycles. The van der Waals surface area contributed by atoms with E-state index in [9.17, 15) is 9.90 Å². The van der Waals surface area contributed by atoms with Gasteiger partial charge in [-0.25, -0.2) is 4.79 Å². The maximum Gasteiger partial charge on any atom is 0.410 e. The third-order valence-corrected chi connectivity index (χ3v) is 2.47. The largest absolute Gasteiger partial charge is 0.444 e. The average Bonchev–Trinajstić information content (AvgIpc) is 2.34. The van der Waals surface area contributed by atoms with E-state index in [0.29, 0.717) is 18.7 Å². The van der Waals surface area contributed by atoms with Crippen molar-refractivity contribution in [3.8, 4) is 0 Å². The maximum atomic E-state index is 11.7. The highest BCUT2D eigenvalue weighted by atomic mass is 16.6. The molecule has 1 amide bonds. The first kappa shape index (κ1) is 15.4. The Kier molecular flexibility index (Phi) is 5.30. The second-order valence-electron chi connectivity index (χ2n) is 5.46. The predicted molar refractivity (Wildman–Crippen MR) is 72.7 cm³/mol. The summed E-state index contributed by atoms with van der Waals surface area (Å²) in [5.74, 6) is 0. The topological polar surface area (TPSA) is 62.7 Å². The van der Waals surface area contributed by atoms with Crippen molar-refractivity contribution in [3.63, 3.8) is 0 Å². The molecule has 0 saturated heterocycles. The molecule has 0 spiro atoms. The monoisotopic (exact) mass is 266 g/mol. The Morgan fingerprint density at radius 1 is 1.47 bits per heavy atom. The number of aromatic nitrogens is 1. The molecule has 1 heterocycles. The molecule has 0 aliphatic rings. The minimum atomic E-state index is -0.675. The number of aliphatic hydroxyl groups is 1. The van der Waals surface area contributed by atoms with Crippen LogP contribution >= 0.6 is 0 Å². The van der Waals surface area contributed by atoms with Crippen LogP contribution in [0, 0.1) is 0 Å². The van der Waals surface area contributed by atoms with E-state index < -0.39 is 11.7 Å². The number of hydrogen-bond donors (Lipinski definition) is 1. The summed E-state index contributed by atoms with van der Waals surface area (Å²) in [5.41, 5.74) is 0.102. The molecule has 5 heteroatoms. The summed E-state index contributed by atoms with van der Waals surface area (Å²) in [4.78, 5) is 17.2. The highest BCUT2D eigenvalue weighted by Crippen LogP contribution is 2.15. The second-order valence-corrected chi connectivity index (χ2v) is 5.46. The fraction of sp³-hybridized carbons (Fsp3) is 0.571. The van der Waals surface area contributed by atoms with E-state index in [1.165, 1.54) is 4.90 Å². The first-order valence-corrected chi connectivity index (χ1v) is 6.33. The highest BCUT2D eigenvalue weighted by Gasteiger charge is 2.20. The van der Waals surface area contributed by atoms with Gasteiger partial charge < -0.3 is 14.7 Å². The summed E-state index contributed by atoms with van der Waals surface area (Å²) in [6, 6.07) is 5.38. The lowest BCUT2D eigenvalue weighted by Crippen LogP contribution is -2.35. The molecule has 1 N–H and O–H groups in total. The van der Waals surface area contributed by atoms with Crippen LogP contribution in [0.2, 0.25) is 0 Å². The van der Waals surface area contributed by atoms with Crippen LogP contribution in [0.3, 0.4) is 0 Å². The van der Waals surface area contributed by atoms with Crippen LogP contribution < -0.4 is 0 Å². The van der Waals surface area contributed by atoms with Crippen LogP contribution in [0.5, 0.6) is 0 Å². The fourth-order valence-corrected chi connectivity index (χ4v) is 1.47. The van der Waals surface area contributed by atoms with E-state index in [1.54, 1.807) is 25.4 Å². The molecule has 1 aromatic heterocycles. The van der Waals surface area contributed by atoms with Gasteiger partial charge in [0.15, 0.2) is 0 Å². The Bertz CT molecular complexity index is 401. The number of carbonyl (C=O) groups excluding carboxylic acids is 1. The van der Waals surface area contributed by atoms with E-state index in [1.807, 2.05) is 26.8 Å². The Morgan fingerprint density at radius 3 is 2.68 bits per heavy atom. The molecule has 0 bridgehead atoms. The summed E-state index contributed by atoms with van der Waals surface area (Å²) in [6.07, 6.45) is 0.995. The van der Waals surface area contributed by atoms with Crippen molar-refractivity contribution in [2.24, 2.45) is 0 Å². The van der Waals surface area contributed by atoms with E-state index in [-0.39, 0.29) is 6.09 Å². The highest BCUT2D eigenvalue weighted by molar-refractivity contribution is 5.67. The standard InChI is InChI=1S/C14H22N2O3/c1-14(2,3)19-13(18)16(4)10-8-12(17)11-7-5-6-9-15-11/h5-7,9,12,17H,8,10H2,1-4H3. The number of pyridine rings is 1. The number of rotatable bonds is 4. The summed E-state index contributed by atoms with van der Waals surface area (Å²) in [6.45, 7) is 5.87. The third-order valence-electron chi connectivity index (χ3n) is 2.47. The minimum absolute atomic E-state index is 0.388. The molecule has 1 unspecified atom stereocenters. The second kappa shape index (κ2) is 6.52. The van der Waals surface area contributed by atoms with Crippen molar-refractivity contribution in [3.05, 3.63) is 30.1 Å². The molecule has 0 radical (unpaired) electrons. The zero-order chi connectivity index (χ0) is 14.5. The Hall–Kier alpha value is -1.62. The number of aliphatic hydroxyl groups excluding tert-OH is 1. The van der Waals surface area contributed by atoms with Crippen LogP contribution in [0.1, 0.15) is 39.0 Å². The van der Waals surface area contributed by atoms with Crippen LogP contribution in [0.4, 0.5) is 4.79 Å². The summed E-state index contributed by atoms with van der Waals surface area (Å²) < 4.78 is 5.23. The van der Waals surface area contributed by atoms with Crippen molar-refractivity contribution in [1.29, 1.82) is 0 Å². The molecule has 0 fully saturated rings. The lowest BCUT2D eigenvalue weighted by atomic mass is 10.1. The van der Waals surface area contributed by atoms with Gasteiger partial charge in [0.05, 0.1) is 11.8 Å². The first-order chi connectivity index (χ1) is 8.79. The normalized spacial score (nSPS) is 12.9. The molecule has 5 nitrogen and oxygen atoms in total. The average molecular weight is 266 g/mol. The van der Waals surface area contributed by atoms with Crippen LogP contribution in [-0.2, 0) is 4.74 Å². The van der Waals surface area contributed by atoms with E-state index in [0.717, 1.165) is 0 Å². The van der Waals surface area contributed by atoms with Crippen molar-refractivity contribution >= 4 is 6.09 Å². The smallest absolute Gasteiger partial charge is 0.410 e. The number of carbonyl (C=O) groups is 1. The van der Waals surface area contributed by atoms with Crippen molar-refractivity contribution in [2.45, 2.75) is 38.9 Å². The third kappa shape index (κ3) is 5.70. The fourth-order valence-electron chi connectivity index (χ4n) is 1.47. The summed E-state index contributed by atoms with van der Waals surface area (Å²) >= 11 is 0. The minimum Gasteiger partial charge on any atom is -0.444 e. The van der Waals surface area contributed by atoms with E-state index >= 15 is 0 Å². The van der Waals surface area contributed by atoms with Gasteiger partial charge in [0.2, 0.25) is 0 Å². The predicted octanol–water partition coefficient (Wildman–Crippen LogP) is 2.37. The van der Waals surface area contributed by atoms with E-state index in [4.69, 9.17) is 4.74 Å². The molecule has 0 aliphatic heterocycles. The number of ether oxygens (including phenoxy) is 1. The molecule has 1 rings (SSSR count). The molecular formula is C14H22N2O3. The van der Waals surface area contributed by atoms with Gasteiger partial charge in [-0.15, -0.1) is 0 Å². The molecule has 0 aromatic carbocycles. The SMILES string of the molecule is CN(CCC(O)c1ccccn1)C(=O)OC(C)(C)C. The zero-order valence-electron chi connectivity index (χ0n) is 12.0. The van der Waals surface area contributed by atoms with Gasteiger partial charge in [0.1, 0.15) is 5.60 Å².